The number of fused-ring (bicyclic) bond motifs is 3. The lowest BCUT2D eigenvalue weighted by atomic mass is 9.70. The standard InChI is InChI=1S/C35H43BN2O4S/c1-22-30(21-43)23(2)32(24(3)31(22)36-41-34(4,5)35(6,7)42-36)37-16-18-38(19-17-37)33(39)40-20-29-27-14-10-8-12-25(27)26-13-9-11-15-28(26)29/h8-15,29,43H,16-21H2,1-7H3. The predicted molar refractivity (Wildman–Crippen MR) is 178 cm³/mol. The summed E-state index contributed by atoms with van der Waals surface area (Å²) in [4.78, 5) is 17.5. The quantitative estimate of drug-likeness (QED) is 0.272. The molecule has 0 bridgehead atoms. The number of carbonyl (C=O) groups excluding carboxylic acids is 1. The van der Waals surface area contributed by atoms with Crippen molar-refractivity contribution in [3.05, 3.63) is 81.9 Å². The molecule has 1 amide bonds. The summed E-state index contributed by atoms with van der Waals surface area (Å²) in [6.07, 6.45) is -0.243. The van der Waals surface area contributed by atoms with Crippen LogP contribution in [-0.4, -0.2) is 62.1 Å². The Balaban J connectivity index is 1.17. The lowest BCUT2D eigenvalue weighted by Crippen LogP contribution is -2.50. The number of anilines is 1. The Labute approximate surface area is 262 Å². The fourth-order valence-electron chi connectivity index (χ4n) is 7.10. The van der Waals surface area contributed by atoms with Gasteiger partial charge in [-0.2, -0.15) is 12.6 Å². The highest BCUT2D eigenvalue weighted by Gasteiger charge is 2.53. The van der Waals surface area contributed by atoms with Gasteiger partial charge in [0.1, 0.15) is 6.61 Å². The molecule has 0 spiro atoms. The molecule has 6 nitrogen and oxygen atoms in total. The van der Waals surface area contributed by atoms with Gasteiger partial charge in [0.25, 0.3) is 0 Å². The van der Waals surface area contributed by atoms with Crippen molar-refractivity contribution < 1.29 is 18.8 Å². The Kier molecular flexibility index (Phi) is 7.85. The number of amides is 1. The Morgan fingerprint density at radius 1 is 0.860 bits per heavy atom. The maximum Gasteiger partial charge on any atom is 0.495 e. The Bertz CT molecular complexity index is 1500. The summed E-state index contributed by atoms with van der Waals surface area (Å²) < 4.78 is 19.0. The molecule has 0 atom stereocenters. The molecule has 2 saturated heterocycles. The molecule has 3 aromatic rings. The van der Waals surface area contributed by atoms with Crippen molar-refractivity contribution in [2.24, 2.45) is 0 Å². The Hall–Kier alpha value is -2.94. The number of ether oxygens (including phenoxy) is 1. The summed E-state index contributed by atoms with van der Waals surface area (Å²) in [7, 11) is -0.440. The Morgan fingerprint density at radius 3 is 1.93 bits per heavy atom. The second kappa shape index (κ2) is 11.2. The third-order valence-electron chi connectivity index (χ3n) is 10.3. The summed E-state index contributed by atoms with van der Waals surface area (Å²) in [5.74, 6) is 0.695. The number of nitrogens with zero attached hydrogens (tertiary/aromatic N) is 2. The van der Waals surface area contributed by atoms with Crippen LogP contribution in [0.25, 0.3) is 11.1 Å². The number of hydrogen-bond acceptors (Lipinski definition) is 6. The highest BCUT2D eigenvalue weighted by molar-refractivity contribution is 7.79. The van der Waals surface area contributed by atoms with Crippen molar-refractivity contribution in [2.45, 2.75) is 71.3 Å². The summed E-state index contributed by atoms with van der Waals surface area (Å²) in [6, 6.07) is 16.9. The number of thiol groups is 1. The van der Waals surface area contributed by atoms with E-state index in [-0.39, 0.29) is 12.0 Å². The molecule has 0 unspecified atom stereocenters. The maximum atomic E-state index is 13.3. The summed E-state index contributed by atoms with van der Waals surface area (Å²) in [6.45, 7) is 17.9. The van der Waals surface area contributed by atoms with Crippen LogP contribution in [0.3, 0.4) is 0 Å². The van der Waals surface area contributed by atoms with Gasteiger partial charge in [-0.15, -0.1) is 0 Å². The topological polar surface area (TPSA) is 51.2 Å². The van der Waals surface area contributed by atoms with Crippen LogP contribution in [0.1, 0.15) is 67.0 Å². The number of piperazine rings is 1. The van der Waals surface area contributed by atoms with Gasteiger partial charge in [-0.25, -0.2) is 4.79 Å². The molecular weight excluding hydrogens is 555 g/mol. The lowest BCUT2D eigenvalue weighted by Gasteiger charge is -2.38. The zero-order chi connectivity index (χ0) is 30.7. The molecule has 0 aromatic heterocycles. The molecule has 2 fully saturated rings. The number of benzene rings is 3. The van der Waals surface area contributed by atoms with E-state index in [0.717, 1.165) is 18.6 Å². The number of carbonyl (C=O) groups is 1. The fraction of sp³-hybridized carbons (Fsp3) is 0.457. The number of rotatable bonds is 5. The minimum atomic E-state index is -0.440. The van der Waals surface area contributed by atoms with Crippen LogP contribution in [0.4, 0.5) is 10.5 Å². The molecule has 3 aliphatic rings. The SMILES string of the molecule is Cc1c(CS)c(C)c(N2CCN(C(=O)OCC3c4ccccc4-c4ccccc43)CC2)c(C)c1B1OC(C)(C)C(C)(C)O1. The van der Waals surface area contributed by atoms with Crippen molar-refractivity contribution >= 4 is 37.0 Å². The minimum Gasteiger partial charge on any atom is -0.448 e. The van der Waals surface area contributed by atoms with Crippen molar-refractivity contribution in [2.75, 3.05) is 37.7 Å². The minimum absolute atomic E-state index is 0.0588. The van der Waals surface area contributed by atoms with Gasteiger partial charge in [0.15, 0.2) is 0 Å². The van der Waals surface area contributed by atoms with Crippen molar-refractivity contribution in [1.82, 2.24) is 4.90 Å². The summed E-state index contributed by atoms with van der Waals surface area (Å²) in [5, 5.41) is 0. The van der Waals surface area contributed by atoms with E-state index in [0.29, 0.717) is 25.4 Å². The normalized spacial score (nSPS) is 19.0. The first kappa shape index (κ1) is 30.1. The highest BCUT2D eigenvalue weighted by atomic mass is 32.1. The molecule has 0 radical (unpaired) electrons. The molecule has 2 aliphatic heterocycles. The third kappa shape index (κ3) is 5.05. The summed E-state index contributed by atoms with van der Waals surface area (Å²) >= 11 is 4.72. The molecule has 3 aromatic carbocycles. The summed E-state index contributed by atoms with van der Waals surface area (Å²) in [5.41, 5.74) is 11.2. The first-order valence-corrected chi connectivity index (χ1v) is 16.0. The lowest BCUT2D eigenvalue weighted by molar-refractivity contribution is 0.00578. The van der Waals surface area contributed by atoms with Gasteiger partial charge in [-0.1, -0.05) is 48.5 Å². The molecule has 226 valence electrons. The van der Waals surface area contributed by atoms with E-state index in [4.69, 9.17) is 26.7 Å². The maximum absolute atomic E-state index is 13.3. The largest absolute Gasteiger partial charge is 0.495 e. The van der Waals surface area contributed by atoms with E-state index in [1.165, 1.54) is 50.2 Å². The van der Waals surface area contributed by atoms with Crippen LogP contribution in [-0.2, 0) is 19.8 Å². The molecular formula is C35H43BN2O4S. The Morgan fingerprint density at radius 2 is 1.40 bits per heavy atom. The van der Waals surface area contributed by atoms with Gasteiger partial charge in [0.2, 0.25) is 0 Å². The van der Waals surface area contributed by atoms with Crippen LogP contribution in [0.15, 0.2) is 48.5 Å². The monoisotopic (exact) mass is 598 g/mol. The van der Waals surface area contributed by atoms with Crippen LogP contribution in [0.5, 0.6) is 0 Å². The van der Waals surface area contributed by atoms with E-state index in [9.17, 15) is 4.79 Å². The molecule has 1 aliphatic carbocycles. The molecule has 0 N–H and O–H groups in total. The van der Waals surface area contributed by atoms with Gasteiger partial charge in [0.05, 0.1) is 11.2 Å². The highest BCUT2D eigenvalue weighted by Crippen LogP contribution is 2.44. The van der Waals surface area contributed by atoms with Gasteiger partial charge >= 0.3 is 13.2 Å². The van der Waals surface area contributed by atoms with Crippen LogP contribution >= 0.6 is 12.6 Å². The van der Waals surface area contributed by atoms with Gasteiger partial charge in [0, 0.05) is 43.5 Å². The molecule has 43 heavy (non-hydrogen) atoms. The third-order valence-corrected chi connectivity index (χ3v) is 10.6. The van der Waals surface area contributed by atoms with Crippen molar-refractivity contribution in [1.29, 1.82) is 0 Å². The molecule has 0 saturated carbocycles. The number of hydrogen-bond donors (Lipinski definition) is 1. The second-order valence-corrected chi connectivity index (χ2v) is 13.5. The predicted octanol–water partition coefficient (Wildman–Crippen LogP) is 6.41. The van der Waals surface area contributed by atoms with Crippen LogP contribution in [0, 0.1) is 20.8 Å². The van der Waals surface area contributed by atoms with E-state index in [1.54, 1.807) is 0 Å². The zero-order valence-electron chi connectivity index (χ0n) is 26.5. The smallest absolute Gasteiger partial charge is 0.448 e. The average Bonchev–Trinajstić information content (AvgIpc) is 3.40. The average molecular weight is 599 g/mol. The van der Waals surface area contributed by atoms with E-state index >= 15 is 0 Å². The fourth-order valence-corrected chi connectivity index (χ4v) is 7.58. The van der Waals surface area contributed by atoms with E-state index in [2.05, 4.69) is 102 Å². The van der Waals surface area contributed by atoms with Gasteiger partial charge in [-0.05, 0) is 98.4 Å². The second-order valence-electron chi connectivity index (χ2n) is 13.1. The van der Waals surface area contributed by atoms with Crippen LogP contribution in [0.2, 0.25) is 0 Å². The van der Waals surface area contributed by atoms with E-state index < -0.39 is 18.3 Å². The first-order chi connectivity index (χ1) is 20.4. The van der Waals surface area contributed by atoms with Crippen molar-refractivity contribution in [3.63, 3.8) is 0 Å². The molecule has 8 heteroatoms. The van der Waals surface area contributed by atoms with Crippen LogP contribution < -0.4 is 10.4 Å². The van der Waals surface area contributed by atoms with Gasteiger partial charge < -0.3 is 23.8 Å². The zero-order valence-corrected chi connectivity index (χ0v) is 27.4. The molecule has 6 rings (SSSR count). The van der Waals surface area contributed by atoms with Gasteiger partial charge in [-0.3, -0.25) is 0 Å². The molecule has 2 heterocycles. The first-order valence-electron chi connectivity index (χ1n) is 15.4. The van der Waals surface area contributed by atoms with E-state index in [1.807, 2.05) is 4.90 Å². The van der Waals surface area contributed by atoms with Crippen molar-refractivity contribution in [3.8, 4) is 11.1 Å².